The molecule has 2 atom stereocenters. The van der Waals surface area contributed by atoms with Crippen LogP contribution in [0.25, 0.3) is 22.5 Å². The minimum atomic E-state index is -5.44. The van der Waals surface area contributed by atoms with Crippen LogP contribution in [-0.4, -0.2) is 81.6 Å². The van der Waals surface area contributed by atoms with E-state index in [1.54, 1.807) is 0 Å². The van der Waals surface area contributed by atoms with Crippen LogP contribution in [0, 0.1) is 24.2 Å². The third kappa shape index (κ3) is 10.6. The lowest BCUT2D eigenvalue weighted by Gasteiger charge is -2.39. The van der Waals surface area contributed by atoms with Crippen LogP contribution in [0.2, 0.25) is 0 Å². The monoisotopic (exact) mass is 870 g/mol. The number of carbonyl (C=O) groups excluding carboxylic acids is 3. The molecular formula is C43H51ClF4N8O5. The van der Waals surface area contributed by atoms with E-state index in [1.165, 1.54) is 24.3 Å². The summed E-state index contributed by atoms with van der Waals surface area (Å²) < 4.78 is 55.9. The van der Waals surface area contributed by atoms with E-state index in [-0.39, 0.29) is 65.1 Å². The molecular weight excluding hydrogens is 820 g/mol. The fraction of sp³-hybridized carbons (Fsp3) is 0.442. The van der Waals surface area contributed by atoms with Gasteiger partial charge in [0.05, 0.1) is 0 Å². The fourth-order valence-electron chi connectivity index (χ4n) is 7.78. The highest BCUT2D eigenvalue weighted by Gasteiger charge is 2.65. The van der Waals surface area contributed by atoms with Crippen molar-refractivity contribution in [3.05, 3.63) is 89.2 Å². The third-order valence-electron chi connectivity index (χ3n) is 11.7. The number of nitrogens with one attached hydrogen (secondary N) is 5. The van der Waals surface area contributed by atoms with E-state index in [9.17, 15) is 36.7 Å². The average molecular weight is 871 g/mol. The zero-order valence-corrected chi connectivity index (χ0v) is 34.8. The number of carbonyl (C=O) groups is 4. The van der Waals surface area contributed by atoms with Gasteiger partial charge in [0.1, 0.15) is 6.04 Å². The van der Waals surface area contributed by atoms with Crippen LogP contribution >= 0.6 is 12.4 Å². The van der Waals surface area contributed by atoms with Crippen LogP contribution in [0.5, 0.6) is 0 Å². The molecule has 328 valence electrons. The Hall–Kier alpha value is -5.39. The van der Waals surface area contributed by atoms with Crippen molar-refractivity contribution in [2.75, 3.05) is 25.0 Å². The Morgan fingerprint density at radius 1 is 0.918 bits per heavy atom. The first-order valence-corrected chi connectivity index (χ1v) is 19.9. The summed E-state index contributed by atoms with van der Waals surface area (Å²) in [5.74, 6) is -16.4. The molecule has 0 bridgehead atoms. The fourth-order valence-corrected chi connectivity index (χ4v) is 7.78. The van der Waals surface area contributed by atoms with Gasteiger partial charge < -0.3 is 37.1 Å². The molecule has 18 heteroatoms. The maximum Gasteiger partial charge on any atom is 0.411 e. The van der Waals surface area contributed by atoms with Crippen LogP contribution in [0.4, 0.5) is 23.2 Å². The first kappa shape index (κ1) is 46.7. The summed E-state index contributed by atoms with van der Waals surface area (Å²) in [7, 11) is 0. The van der Waals surface area contributed by atoms with E-state index in [0.717, 1.165) is 54.6 Å². The zero-order chi connectivity index (χ0) is 43.4. The number of carboxylic acids is 1. The SMILES string of the molecule is Cc1cc(C(=O)NC2CCNCC2(C)C)ccc1-c1ccc(C[C@H](NC(=O)[C@H]2CC[C@H](CN)CC2)C(=O)Nc2ccc(-c3nnc(C(F)(F)C(F)(F)C(=O)O)[nH]3)cc2)cc1.Cl. The van der Waals surface area contributed by atoms with Gasteiger partial charge in [-0.15, -0.1) is 22.6 Å². The molecule has 4 aromatic rings. The topological polar surface area (TPSA) is 204 Å². The van der Waals surface area contributed by atoms with E-state index in [4.69, 9.17) is 10.8 Å². The molecule has 1 aromatic heterocycles. The Morgan fingerprint density at radius 2 is 1.57 bits per heavy atom. The number of amides is 3. The van der Waals surface area contributed by atoms with Crippen molar-refractivity contribution in [3.63, 3.8) is 0 Å². The lowest BCUT2D eigenvalue weighted by Crippen LogP contribution is -2.54. The van der Waals surface area contributed by atoms with Crippen molar-refractivity contribution in [1.82, 2.24) is 31.1 Å². The summed E-state index contributed by atoms with van der Waals surface area (Å²) in [6, 6.07) is 17.9. The van der Waals surface area contributed by atoms with Gasteiger partial charge in [-0.3, -0.25) is 14.4 Å². The first-order valence-electron chi connectivity index (χ1n) is 19.9. The molecule has 1 unspecified atom stereocenters. The molecule has 0 radical (unpaired) electrons. The smallest absolute Gasteiger partial charge is 0.411 e. The number of aromatic nitrogens is 3. The van der Waals surface area contributed by atoms with Gasteiger partial charge in [-0.1, -0.05) is 44.2 Å². The van der Waals surface area contributed by atoms with Crippen molar-refractivity contribution >= 4 is 41.8 Å². The van der Waals surface area contributed by atoms with E-state index in [0.29, 0.717) is 30.9 Å². The molecule has 2 aliphatic rings. The van der Waals surface area contributed by atoms with Gasteiger partial charge in [-0.05, 0) is 122 Å². The molecule has 8 N–H and O–H groups in total. The highest BCUT2D eigenvalue weighted by molar-refractivity contribution is 5.98. The highest BCUT2D eigenvalue weighted by atomic mass is 35.5. The standard InChI is InChI=1S/C43H50F4N8O5.ClH/c1-24-20-30(37(57)52-34-18-19-49-23-41(34,2)3)14-17-32(24)27-8-4-25(5-9-27)21-33(51-36(56)29-10-6-26(22-48)7-11-29)38(58)50-31-15-12-28(13-16-31)35-53-39(55-54-35)42(44,45)43(46,47)40(59)60;/h4-5,8-9,12-17,20,26,29,33-34,49H,6-7,10-11,18-19,21-23,48H2,1-3H3,(H,50,58)(H,51,56)(H,52,57)(H,59,60)(H,53,54,55);1H/t26-,29-,33-,34?;/m0./s1. The molecule has 1 saturated carbocycles. The number of aliphatic carboxylic acids is 1. The third-order valence-corrected chi connectivity index (χ3v) is 11.7. The predicted octanol–water partition coefficient (Wildman–Crippen LogP) is 6.23. The Labute approximate surface area is 356 Å². The lowest BCUT2D eigenvalue weighted by atomic mass is 9.80. The number of aromatic amines is 1. The Kier molecular flexibility index (Phi) is 14.6. The van der Waals surface area contributed by atoms with Crippen molar-refractivity contribution in [3.8, 4) is 22.5 Å². The number of hydrogen-bond acceptors (Lipinski definition) is 8. The molecule has 2 fully saturated rings. The van der Waals surface area contributed by atoms with Crippen LogP contribution in [-0.2, 0) is 26.7 Å². The van der Waals surface area contributed by atoms with Gasteiger partial charge in [-0.25, -0.2) is 4.79 Å². The molecule has 6 rings (SSSR count). The zero-order valence-electron chi connectivity index (χ0n) is 34.0. The number of hydrogen-bond donors (Lipinski definition) is 7. The number of nitrogens with two attached hydrogens (primary N) is 1. The van der Waals surface area contributed by atoms with Gasteiger partial charge >= 0.3 is 17.8 Å². The molecule has 3 amide bonds. The normalized spacial score (nSPS) is 19.5. The number of piperidine rings is 1. The molecule has 1 aliphatic carbocycles. The highest BCUT2D eigenvalue weighted by Crippen LogP contribution is 2.42. The Bertz CT molecular complexity index is 2190. The number of halogens is 5. The van der Waals surface area contributed by atoms with Crippen LogP contribution in [0.15, 0.2) is 66.7 Å². The molecule has 61 heavy (non-hydrogen) atoms. The van der Waals surface area contributed by atoms with E-state index < -0.39 is 35.6 Å². The van der Waals surface area contributed by atoms with Gasteiger partial charge in [0, 0.05) is 41.7 Å². The van der Waals surface area contributed by atoms with E-state index >= 15 is 0 Å². The lowest BCUT2D eigenvalue weighted by molar-refractivity contribution is -0.231. The maximum absolute atomic E-state index is 14.3. The number of carboxylic acid groups (broad SMARTS) is 1. The summed E-state index contributed by atoms with van der Waals surface area (Å²) >= 11 is 0. The minimum Gasteiger partial charge on any atom is -0.477 e. The predicted molar refractivity (Wildman–Crippen MR) is 223 cm³/mol. The number of anilines is 1. The Morgan fingerprint density at radius 3 is 2.18 bits per heavy atom. The second-order valence-corrected chi connectivity index (χ2v) is 16.5. The summed E-state index contributed by atoms with van der Waals surface area (Å²) in [6.45, 7) is 8.45. The largest absolute Gasteiger partial charge is 0.477 e. The Balaban J connectivity index is 0.00000704. The number of H-pyrrole nitrogens is 1. The van der Waals surface area contributed by atoms with Crippen molar-refractivity contribution in [2.24, 2.45) is 23.0 Å². The summed E-state index contributed by atoms with van der Waals surface area (Å²) in [5.41, 5.74) is 10.3. The number of rotatable bonds is 14. The summed E-state index contributed by atoms with van der Waals surface area (Å²) in [4.78, 5) is 53.3. The van der Waals surface area contributed by atoms with E-state index in [1.807, 2.05) is 54.4 Å². The number of alkyl halides is 4. The van der Waals surface area contributed by atoms with Gasteiger partial charge in [0.25, 0.3) is 5.91 Å². The number of nitrogens with zero attached hydrogens (tertiary/aromatic N) is 2. The summed E-state index contributed by atoms with van der Waals surface area (Å²) in [5, 5.41) is 27.4. The van der Waals surface area contributed by atoms with Crippen molar-refractivity contribution in [2.45, 2.75) is 83.2 Å². The summed E-state index contributed by atoms with van der Waals surface area (Å²) in [6.07, 6.45) is 3.93. The van der Waals surface area contributed by atoms with E-state index in [2.05, 4.69) is 45.3 Å². The number of benzene rings is 3. The van der Waals surface area contributed by atoms with Crippen LogP contribution in [0.3, 0.4) is 0 Å². The average Bonchev–Trinajstić information content (AvgIpc) is 3.73. The van der Waals surface area contributed by atoms with Gasteiger partial charge in [0.15, 0.2) is 5.82 Å². The molecule has 2 heterocycles. The van der Waals surface area contributed by atoms with Gasteiger partial charge in [-0.2, -0.15) is 17.6 Å². The molecule has 0 spiro atoms. The van der Waals surface area contributed by atoms with Gasteiger partial charge in [0.2, 0.25) is 17.6 Å². The molecule has 1 aliphatic heterocycles. The maximum atomic E-state index is 14.3. The molecule has 13 nitrogen and oxygen atoms in total. The first-order chi connectivity index (χ1) is 28.4. The van der Waals surface area contributed by atoms with Crippen LogP contribution in [0.1, 0.15) is 73.3 Å². The van der Waals surface area contributed by atoms with Crippen molar-refractivity contribution in [1.29, 1.82) is 0 Å². The minimum absolute atomic E-state index is 0. The number of aryl methyl sites for hydroxylation is 1. The van der Waals surface area contributed by atoms with Crippen molar-refractivity contribution < 1.29 is 41.8 Å². The second kappa shape index (κ2) is 19.1. The molecule has 3 aromatic carbocycles. The second-order valence-electron chi connectivity index (χ2n) is 16.5. The molecule has 1 saturated heterocycles. The quantitative estimate of drug-likeness (QED) is 0.0717. The van der Waals surface area contributed by atoms with Crippen LogP contribution < -0.4 is 27.0 Å².